The maximum Gasteiger partial charge on any atom is 0.269 e. The molecule has 1 aromatic heterocycles. The highest BCUT2D eigenvalue weighted by atomic mass is 35.5. The number of halogens is 5. The number of aromatic nitrogens is 1. The second kappa shape index (κ2) is 7.75. The number of benzodiazepines with no additional fused rings is 1. The number of hydrogen-bond donors (Lipinski definition) is 2. The van der Waals surface area contributed by atoms with Crippen LogP contribution in [0.1, 0.15) is 11.1 Å². The molecule has 0 saturated carbocycles. The first-order valence-corrected chi connectivity index (χ1v) is 8.93. The van der Waals surface area contributed by atoms with Gasteiger partial charge in [-0.1, -0.05) is 41.9 Å². The Balaban J connectivity index is 1.86. The van der Waals surface area contributed by atoms with Crippen molar-refractivity contribution in [1.29, 1.82) is 0 Å². The fourth-order valence-electron chi connectivity index (χ4n) is 2.95. The lowest BCUT2D eigenvalue weighted by Gasteiger charge is -2.16. The Morgan fingerprint density at radius 1 is 0.967 bits per heavy atom. The number of carbonyl (C=O) groups excluding carboxylic acids is 1. The quantitative estimate of drug-likeness (QED) is 0.470. The summed E-state index contributed by atoms with van der Waals surface area (Å²) in [5.41, 5.74) is 0.473. The first-order valence-electron chi connectivity index (χ1n) is 8.55. The number of nitrogens with one attached hydrogen (secondary N) is 2. The third-order valence-corrected chi connectivity index (χ3v) is 4.56. The van der Waals surface area contributed by atoms with E-state index in [1.807, 2.05) is 0 Å². The molecule has 10 heteroatoms. The number of hydrogen-bond acceptors (Lipinski definition) is 4. The van der Waals surface area contributed by atoms with Gasteiger partial charge in [0, 0.05) is 16.1 Å². The maximum atomic E-state index is 14.1. The van der Waals surface area contributed by atoms with Crippen molar-refractivity contribution in [3.63, 3.8) is 0 Å². The highest BCUT2D eigenvalue weighted by molar-refractivity contribution is 6.32. The molecule has 0 saturated heterocycles. The van der Waals surface area contributed by atoms with E-state index in [0.717, 1.165) is 0 Å². The largest absolute Gasteiger partial charge is 0.351 e. The fourth-order valence-corrected chi connectivity index (χ4v) is 3.13. The topological polar surface area (TPSA) is 66.4 Å². The minimum Gasteiger partial charge on any atom is -0.351 e. The number of rotatable bonds is 3. The molecule has 0 aliphatic carbocycles. The third kappa shape index (κ3) is 3.59. The lowest BCUT2D eigenvalue weighted by atomic mass is 10.0. The molecule has 4 rings (SSSR count). The molecule has 5 nitrogen and oxygen atoms in total. The Morgan fingerprint density at radius 2 is 1.63 bits per heavy atom. The van der Waals surface area contributed by atoms with Crippen molar-refractivity contribution in [2.24, 2.45) is 4.99 Å². The predicted molar refractivity (Wildman–Crippen MR) is 104 cm³/mol. The fraction of sp³-hybridized carbons (Fsp3) is 0.0500. The number of benzene rings is 2. The van der Waals surface area contributed by atoms with Gasteiger partial charge in [0.1, 0.15) is 5.69 Å². The monoisotopic (exact) mass is 434 g/mol. The van der Waals surface area contributed by atoms with Crippen LogP contribution in [0, 0.1) is 23.5 Å². The molecule has 1 atom stereocenters. The molecule has 1 amide bonds. The van der Waals surface area contributed by atoms with Crippen molar-refractivity contribution < 1.29 is 22.4 Å². The molecular formula is C20H11ClF4N4O. The van der Waals surface area contributed by atoms with Crippen LogP contribution >= 0.6 is 11.6 Å². The van der Waals surface area contributed by atoms with Gasteiger partial charge in [0.25, 0.3) is 17.8 Å². The SMILES string of the molecule is O=C1Nc2ccc(Cl)cc2C(c2ccccc2)=NC1Nc1c(F)c(F)nc(F)c1F. The van der Waals surface area contributed by atoms with E-state index >= 15 is 0 Å². The second-order valence-corrected chi connectivity index (χ2v) is 6.70. The van der Waals surface area contributed by atoms with Crippen molar-refractivity contribution in [2.45, 2.75) is 6.17 Å². The van der Waals surface area contributed by atoms with Gasteiger partial charge < -0.3 is 10.6 Å². The summed E-state index contributed by atoms with van der Waals surface area (Å²) in [6.45, 7) is 0. The van der Waals surface area contributed by atoms with Gasteiger partial charge in [-0.3, -0.25) is 4.79 Å². The van der Waals surface area contributed by atoms with Crippen molar-refractivity contribution in [3.8, 4) is 0 Å². The Kier molecular flexibility index (Phi) is 5.13. The highest BCUT2D eigenvalue weighted by Gasteiger charge is 2.29. The molecule has 3 aromatic rings. The minimum absolute atomic E-state index is 0.278. The Hall–Kier alpha value is -3.46. The van der Waals surface area contributed by atoms with Gasteiger partial charge in [-0.2, -0.15) is 22.5 Å². The summed E-state index contributed by atoms with van der Waals surface area (Å²) in [4.78, 5) is 19.5. The van der Waals surface area contributed by atoms with Crippen molar-refractivity contribution in [2.75, 3.05) is 10.6 Å². The van der Waals surface area contributed by atoms with Crippen LogP contribution < -0.4 is 10.6 Å². The average Bonchev–Trinajstić information content (AvgIpc) is 2.86. The van der Waals surface area contributed by atoms with E-state index in [1.165, 1.54) is 0 Å². The molecule has 0 fully saturated rings. The molecule has 1 unspecified atom stereocenters. The molecule has 152 valence electrons. The first-order chi connectivity index (χ1) is 14.3. The van der Waals surface area contributed by atoms with Gasteiger partial charge in [-0.05, 0) is 18.2 Å². The van der Waals surface area contributed by atoms with E-state index in [0.29, 0.717) is 21.8 Å². The molecule has 2 N–H and O–H groups in total. The Labute approximate surface area is 172 Å². The predicted octanol–water partition coefficient (Wildman–Crippen LogP) is 4.52. The van der Waals surface area contributed by atoms with Gasteiger partial charge in [-0.15, -0.1) is 0 Å². The number of anilines is 2. The number of nitrogens with zero attached hydrogens (tertiary/aromatic N) is 2. The molecular weight excluding hydrogens is 424 g/mol. The zero-order valence-electron chi connectivity index (χ0n) is 14.9. The van der Waals surface area contributed by atoms with Crippen molar-refractivity contribution in [3.05, 3.63) is 88.2 Å². The van der Waals surface area contributed by atoms with Crippen molar-refractivity contribution in [1.82, 2.24) is 4.98 Å². The minimum atomic E-state index is -1.85. The molecule has 2 heterocycles. The Morgan fingerprint density at radius 3 is 2.30 bits per heavy atom. The third-order valence-electron chi connectivity index (χ3n) is 4.33. The van der Waals surface area contributed by atoms with E-state index < -0.39 is 41.3 Å². The molecule has 2 aromatic carbocycles. The van der Waals surface area contributed by atoms with E-state index in [-0.39, 0.29) is 5.71 Å². The molecule has 1 aliphatic heterocycles. The van der Waals surface area contributed by atoms with Gasteiger partial charge in [0.2, 0.25) is 11.6 Å². The summed E-state index contributed by atoms with van der Waals surface area (Å²) < 4.78 is 55.1. The van der Waals surface area contributed by atoms with Gasteiger partial charge in [-0.25, -0.2) is 4.99 Å². The summed E-state index contributed by atoms with van der Waals surface area (Å²) in [5, 5.41) is 5.07. The summed E-state index contributed by atoms with van der Waals surface area (Å²) in [6, 6.07) is 13.3. The van der Waals surface area contributed by atoms with Gasteiger partial charge in [0.15, 0.2) is 6.17 Å². The van der Waals surface area contributed by atoms with Crippen LogP contribution in [0.4, 0.5) is 28.9 Å². The maximum absolute atomic E-state index is 14.1. The number of pyridine rings is 1. The molecule has 0 radical (unpaired) electrons. The molecule has 0 bridgehead atoms. The number of aliphatic imine (C=N–C) groups is 1. The second-order valence-electron chi connectivity index (χ2n) is 6.27. The molecule has 0 spiro atoms. The van der Waals surface area contributed by atoms with E-state index in [4.69, 9.17) is 11.6 Å². The number of carbonyl (C=O) groups is 1. The van der Waals surface area contributed by atoms with Crippen LogP contribution in [0.5, 0.6) is 0 Å². The lowest BCUT2D eigenvalue weighted by Crippen LogP contribution is -2.33. The lowest BCUT2D eigenvalue weighted by molar-refractivity contribution is -0.116. The van der Waals surface area contributed by atoms with Gasteiger partial charge >= 0.3 is 0 Å². The summed E-state index contributed by atoms with van der Waals surface area (Å²) in [5.74, 6) is -8.06. The number of fused-ring (bicyclic) bond motifs is 1. The van der Waals surface area contributed by atoms with Crippen molar-refractivity contribution >= 4 is 34.6 Å². The molecule has 30 heavy (non-hydrogen) atoms. The first kappa shape index (κ1) is 19.8. The van der Waals surface area contributed by atoms with Crippen LogP contribution in [-0.4, -0.2) is 22.8 Å². The summed E-state index contributed by atoms with van der Waals surface area (Å²) in [6.07, 6.45) is -1.61. The normalized spacial score (nSPS) is 15.7. The molecule has 1 aliphatic rings. The van der Waals surface area contributed by atoms with Crippen LogP contribution in [-0.2, 0) is 4.79 Å². The van der Waals surface area contributed by atoms with Gasteiger partial charge in [0.05, 0.1) is 11.4 Å². The van der Waals surface area contributed by atoms with Crippen LogP contribution in [0.15, 0.2) is 53.5 Å². The Bertz CT molecular complexity index is 1160. The standard InChI is InChI=1S/C20H11ClF4N4O/c21-10-6-7-12-11(8-10)15(9-4-2-1-3-5-9)27-19(20(30)26-12)28-16-13(22)17(24)29-18(25)14(16)23/h1-8,19H,(H,26,30)(H,28,29). The van der Waals surface area contributed by atoms with E-state index in [2.05, 4.69) is 20.6 Å². The van der Waals surface area contributed by atoms with E-state index in [1.54, 1.807) is 48.5 Å². The zero-order valence-corrected chi connectivity index (χ0v) is 15.6. The van der Waals surface area contributed by atoms with Crippen LogP contribution in [0.2, 0.25) is 5.02 Å². The number of amides is 1. The smallest absolute Gasteiger partial charge is 0.269 e. The average molecular weight is 435 g/mol. The summed E-state index contributed by atoms with van der Waals surface area (Å²) >= 11 is 6.09. The van der Waals surface area contributed by atoms with Crippen LogP contribution in [0.3, 0.4) is 0 Å². The summed E-state index contributed by atoms with van der Waals surface area (Å²) in [7, 11) is 0. The zero-order chi connectivity index (χ0) is 21.4. The highest BCUT2D eigenvalue weighted by Crippen LogP contribution is 2.29. The van der Waals surface area contributed by atoms with Crippen LogP contribution in [0.25, 0.3) is 0 Å². The van der Waals surface area contributed by atoms with E-state index in [9.17, 15) is 22.4 Å².